The zero-order valence-electron chi connectivity index (χ0n) is 11.3. The van der Waals surface area contributed by atoms with Crippen molar-refractivity contribution in [3.63, 3.8) is 0 Å². The standard InChI is InChI=1S/C13H22N2O3S/c1-19-10-5-2-4-9(10)15-12(18)14-8-13(11(16)17)6-3-7-13/h9-10H,2-8H2,1H3,(H,16,17)(H2,14,15,18). The van der Waals surface area contributed by atoms with Crippen molar-refractivity contribution in [3.05, 3.63) is 0 Å². The van der Waals surface area contributed by atoms with Gasteiger partial charge in [-0.1, -0.05) is 12.8 Å². The van der Waals surface area contributed by atoms with E-state index in [4.69, 9.17) is 0 Å². The van der Waals surface area contributed by atoms with Crippen molar-refractivity contribution in [1.82, 2.24) is 10.6 Å². The maximum atomic E-state index is 11.8. The van der Waals surface area contributed by atoms with Crippen molar-refractivity contribution in [3.8, 4) is 0 Å². The largest absolute Gasteiger partial charge is 0.481 e. The highest BCUT2D eigenvalue weighted by atomic mass is 32.2. The van der Waals surface area contributed by atoms with Gasteiger partial charge in [0.1, 0.15) is 0 Å². The van der Waals surface area contributed by atoms with Gasteiger partial charge in [0, 0.05) is 17.8 Å². The zero-order chi connectivity index (χ0) is 13.9. The van der Waals surface area contributed by atoms with Crippen LogP contribution in [-0.2, 0) is 4.79 Å². The van der Waals surface area contributed by atoms with E-state index >= 15 is 0 Å². The fourth-order valence-electron chi connectivity index (χ4n) is 2.91. The van der Waals surface area contributed by atoms with Crippen LogP contribution in [0.4, 0.5) is 4.79 Å². The molecule has 0 spiro atoms. The predicted octanol–water partition coefficient (Wildman–Crippen LogP) is 1.82. The summed E-state index contributed by atoms with van der Waals surface area (Å²) < 4.78 is 0. The smallest absolute Gasteiger partial charge is 0.315 e. The molecule has 0 aromatic carbocycles. The summed E-state index contributed by atoms with van der Waals surface area (Å²) in [7, 11) is 0. The van der Waals surface area contributed by atoms with E-state index in [1.54, 1.807) is 11.8 Å². The molecule has 2 fully saturated rings. The Kier molecular flexibility index (Phi) is 4.60. The van der Waals surface area contributed by atoms with Crippen LogP contribution < -0.4 is 10.6 Å². The van der Waals surface area contributed by atoms with Gasteiger partial charge in [-0.15, -0.1) is 0 Å². The molecule has 0 saturated heterocycles. The monoisotopic (exact) mass is 286 g/mol. The number of nitrogens with one attached hydrogen (secondary N) is 2. The molecule has 0 aromatic heterocycles. The number of carboxylic acid groups (broad SMARTS) is 1. The molecule has 3 N–H and O–H groups in total. The molecule has 0 aliphatic heterocycles. The number of carbonyl (C=O) groups excluding carboxylic acids is 1. The summed E-state index contributed by atoms with van der Waals surface area (Å²) in [5.41, 5.74) is -0.716. The van der Waals surface area contributed by atoms with E-state index in [9.17, 15) is 14.7 Å². The Balaban J connectivity index is 1.77. The van der Waals surface area contributed by atoms with Crippen LogP contribution in [0.25, 0.3) is 0 Å². The van der Waals surface area contributed by atoms with Crippen LogP contribution in [0.3, 0.4) is 0 Å². The molecule has 0 aromatic rings. The van der Waals surface area contributed by atoms with Crippen molar-refractivity contribution in [2.24, 2.45) is 5.41 Å². The summed E-state index contributed by atoms with van der Waals surface area (Å²) in [4.78, 5) is 23.0. The molecule has 2 rings (SSSR count). The highest BCUT2D eigenvalue weighted by Crippen LogP contribution is 2.40. The number of carboxylic acids is 1. The minimum atomic E-state index is -0.790. The van der Waals surface area contributed by atoms with Crippen LogP contribution in [0.2, 0.25) is 0 Å². The van der Waals surface area contributed by atoms with E-state index < -0.39 is 11.4 Å². The maximum Gasteiger partial charge on any atom is 0.315 e. The van der Waals surface area contributed by atoms with Gasteiger partial charge in [-0.3, -0.25) is 4.79 Å². The lowest BCUT2D eigenvalue weighted by Crippen LogP contribution is -2.51. The van der Waals surface area contributed by atoms with Crippen molar-refractivity contribution >= 4 is 23.8 Å². The third kappa shape index (κ3) is 3.16. The van der Waals surface area contributed by atoms with E-state index in [2.05, 4.69) is 16.9 Å². The molecule has 2 atom stereocenters. The van der Waals surface area contributed by atoms with Crippen molar-refractivity contribution in [2.75, 3.05) is 12.8 Å². The Morgan fingerprint density at radius 3 is 2.58 bits per heavy atom. The summed E-state index contributed by atoms with van der Waals surface area (Å²) in [6, 6.07) is -0.00403. The second-order valence-electron chi connectivity index (χ2n) is 5.58. The van der Waals surface area contributed by atoms with E-state index in [0.717, 1.165) is 25.7 Å². The van der Waals surface area contributed by atoms with Crippen LogP contribution in [0.1, 0.15) is 38.5 Å². The van der Waals surface area contributed by atoms with Crippen LogP contribution >= 0.6 is 11.8 Å². The first-order chi connectivity index (χ1) is 9.07. The minimum absolute atomic E-state index is 0.220. The molecule has 0 radical (unpaired) electrons. The molecule has 0 heterocycles. The van der Waals surface area contributed by atoms with Gasteiger partial charge >= 0.3 is 12.0 Å². The number of amides is 2. The summed E-state index contributed by atoms with van der Waals surface area (Å²) in [5, 5.41) is 15.4. The van der Waals surface area contributed by atoms with Crippen LogP contribution in [0, 0.1) is 5.41 Å². The number of hydrogen-bond donors (Lipinski definition) is 3. The fraction of sp³-hybridized carbons (Fsp3) is 0.846. The number of thioether (sulfide) groups is 1. The Morgan fingerprint density at radius 2 is 2.05 bits per heavy atom. The quantitative estimate of drug-likeness (QED) is 0.720. The molecule has 108 valence electrons. The van der Waals surface area contributed by atoms with Crippen molar-refractivity contribution in [1.29, 1.82) is 0 Å². The molecule has 2 saturated carbocycles. The molecule has 2 unspecified atom stereocenters. The molecular weight excluding hydrogens is 264 g/mol. The van der Waals surface area contributed by atoms with Gasteiger partial charge in [0.05, 0.1) is 5.41 Å². The van der Waals surface area contributed by atoms with Gasteiger partial charge < -0.3 is 15.7 Å². The van der Waals surface area contributed by atoms with E-state index in [0.29, 0.717) is 18.1 Å². The number of rotatable bonds is 5. The number of carbonyl (C=O) groups is 2. The third-order valence-corrected chi connectivity index (χ3v) is 5.59. The Hall–Kier alpha value is -0.910. The van der Waals surface area contributed by atoms with E-state index in [-0.39, 0.29) is 18.6 Å². The predicted molar refractivity (Wildman–Crippen MR) is 75.4 cm³/mol. The second kappa shape index (κ2) is 6.03. The van der Waals surface area contributed by atoms with Gasteiger partial charge in [-0.05, 0) is 31.9 Å². The molecule has 2 aliphatic carbocycles. The third-order valence-electron chi connectivity index (χ3n) is 4.42. The SMILES string of the molecule is CSC1CCCC1NC(=O)NCC1(C(=O)O)CCC1. The molecule has 0 bridgehead atoms. The highest BCUT2D eigenvalue weighted by Gasteiger charge is 2.44. The van der Waals surface area contributed by atoms with E-state index in [1.807, 2.05) is 0 Å². The number of aliphatic carboxylic acids is 1. The van der Waals surface area contributed by atoms with Gasteiger partial charge in [0.25, 0.3) is 0 Å². The number of urea groups is 1. The minimum Gasteiger partial charge on any atom is -0.481 e. The summed E-state index contributed by atoms with van der Waals surface area (Å²) in [6.45, 7) is 0.241. The lowest BCUT2D eigenvalue weighted by molar-refractivity contribution is -0.153. The van der Waals surface area contributed by atoms with Gasteiger partial charge in [-0.25, -0.2) is 4.79 Å². The average Bonchev–Trinajstić information content (AvgIpc) is 2.74. The molecule has 19 heavy (non-hydrogen) atoms. The first kappa shape index (κ1) is 14.5. The normalized spacial score (nSPS) is 28.5. The highest BCUT2D eigenvalue weighted by molar-refractivity contribution is 7.99. The van der Waals surface area contributed by atoms with Crippen molar-refractivity contribution < 1.29 is 14.7 Å². The Morgan fingerprint density at radius 1 is 1.32 bits per heavy atom. The van der Waals surface area contributed by atoms with Crippen molar-refractivity contribution in [2.45, 2.75) is 49.8 Å². The second-order valence-corrected chi connectivity index (χ2v) is 6.65. The molecule has 6 heteroatoms. The van der Waals surface area contributed by atoms with Gasteiger partial charge in [0.15, 0.2) is 0 Å². The average molecular weight is 286 g/mol. The Labute approximate surface area is 117 Å². The Bertz CT molecular complexity index is 358. The topological polar surface area (TPSA) is 78.4 Å². The lowest BCUT2D eigenvalue weighted by Gasteiger charge is -2.37. The first-order valence-corrected chi connectivity index (χ1v) is 8.17. The summed E-state index contributed by atoms with van der Waals surface area (Å²) in [5.74, 6) is -0.790. The van der Waals surface area contributed by atoms with Crippen LogP contribution in [0.15, 0.2) is 0 Å². The van der Waals surface area contributed by atoms with E-state index in [1.165, 1.54) is 0 Å². The maximum absolute atomic E-state index is 11.8. The molecular formula is C13H22N2O3S. The lowest BCUT2D eigenvalue weighted by atomic mass is 9.69. The molecule has 2 aliphatic rings. The molecule has 2 amide bonds. The van der Waals surface area contributed by atoms with Crippen LogP contribution in [-0.4, -0.2) is 41.2 Å². The summed E-state index contributed by atoms with van der Waals surface area (Å²) >= 11 is 1.79. The van der Waals surface area contributed by atoms with Crippen LogP contribution in [0.5, 0.6) is 0 Å². The molecule has 5 nitrogen and oxygen atoms in total. The summed E-state index contributed by atoms with van der Waals surface area (Å²) in [6.07, 6.45) is 7.64. The van der Waals surface area contributed by atoms with Gasteiger partial charge in [0.2, 0.25) is 0 Å². The zero-order valence-corrected chi connectivity index (χ0v) is 12.1. The number of hydrogen-bond acceptors (Lipinski definition) is 3. The first-order valence-electron chi connectivity index (χ1n) is 6.88. The van der Waals surface area contributed by atoms with Gasteiger partial charge in [-0.2, -0.15) is 11.8 Å². The fourth-order valence-corrected chi connectivity index (χ4v) is 3.85.